The van der Waals surface area contributed by atoms with Crippen LogP contribution in [0.5, 0.6) is 0 Å². The zero-order valence-corrected chi connectivity index (χ0v) is 15.0. The van der Waals surface area contributed by atoms with E-state index in [-0.39, 0.29) is 11.5 Å². The number of likely N-dealkylation sites (tertiary alicyclic amines) is 1. The predicted octanol–water partition coefficient (Wildman–Crippen LogP) is 1.50. The van der Waals surface area contributed by atoms with Crippen LogP contribution in [0, 0.1) is 11.8 Å². The van der Waals surface area contributed by atoms with Gasteiger partial charge in [-0.05, 0) is 30.2 Å². The molecule has 132 valence electrons. The van der Waals surface area contributed by atoms with Crippen molar-refractivity contribution in [2.45, 2.75) is 44.8 Å². The van der Waals surface area contributed by atoms with Crippen molar-refractivity contribution in [3.05, 3.63) is 48.9 Å². The van der Waals surface area contributed by atoms with Crippen molar-refractivity contribution in [3.8, 4) is 0 Å². The van der Waals surface area contributed by atoms with Crippen LogP contribution in [-0.2, 0) is 19.6 Å². The Morgan fingerprint density at radius 3 is 2.76 bits per heavy atom. The molecule has 5 rings (SSSR count). The lowest BCUT2D eigenvalue weighted by Gasteiger charge is -2.25. The molecule has 0 unspecified atom stereocenters. The average Bonchev–Trinajstić information content (AvgIpc) is 3.25. The summed E-state index contributed by atoms with van der Waals surface area (Å²) in [4.78, 5) is 28.7. The van der Waals surface area contributed by atoms with Gasteiger partial charge in [0, 0.05) is 49.4 Å². The van der Waals surface area contributed by atoms with Crippen molar-refractivity contribution in [2.75, 3.05) is 13.1 Å². The van der Waals surface area contributed by atoms with E-state index in [2.05, 4.69) is 27.5 Å². The highest BCUT2D eigenvalue weighted by Gasteiger charge is 2.42. The van der Waals surface area contributed by atoms with Gasteiger partial charge in [-0.15, -0.1) is 11.3 Å². The Bertz CT molecular complexity index is 897. The summed E-state index contributed by atoms with van der Waals surface area (Å²) in [6, 6.07) is 4.26. The molecule has 2 aliphatic heterocycles. The molecular formula is C18H22N4O2S. The van der Waals surface area contributed by atoms with Crippen LogP contribution in [0.25, 0.3) is 0 Å². The molecule has 4 heterocycles. The van der Waals surface area contributed by atoms with E-state index in [9.17, 15) is 9.59 Å². The molecule has 2 aromatic rings. The standard InChI is InChI=1S/C18H22N4O2S/c23-17-18(24)22(7-12-3-1-4-12)19-16-15-11-20(8-13(15)9-21(16)17)10-14-5-2-6-25-14/h2,5-6,12-13,15H,1,3-4,7-11H2/t13-,15-/m0/s1. The van der Waals surface area contributed by atoms with E-state index in [0.29, 0.717) is 24.9 Å². The fraction of sp³-hybridized carbons (Fsp3) is 0.611. The molecule has 2 atom stereocenters. The van der Waals surface area contributed by atoms with Gasteiger partial charge in [-0.1, -0.05) is 12.5 Å². The third-order valence-electron chi connectivity index (χ3n) is 6.04. The highest BCUT2D eigenvalue weighted by Crippen LogP contribution is 2.38. The maximum atomic E-state index is 12.5. The number of rotatable bonds is 4. The van der Waals surface area contributed by atoms with Crippen molar-refractivity contribution < 1.29 is 0 Å². The van der Waals surface area contributed by atoms with Crippen molar-refractivity contribution in [1.29, 1.82) is 0 Å². The molecular weight excluding hydrogens is 336 g/mol. The van der Waals surface area contributed by atoms with Crippen molar-refractivity contribution in [2.24, 2.45) is 11.8 Å². The summed E-state index contributed by atoms with van der Waals surface area (Å²) >= 11 is 1.79. The molecule has 25 heavy (non-hydrogen) atoms. The molecule has 2 aromatic heterocycles. The zero-order valence-electron chi connectivity index (χ0n) is 14.1. The summed E-state index contributed by atoms with van der Waals surface area (Å²) in [5.41, 5.74) is -0.811. The molecule has 6 nitrogen and oxygen atoms in total. The van der Waals surface area contributed by atoms with E-state index in [4.69, 9.17) is 0 Å². The van der Waals surface area contributed by atoms with E-state index in [1.807, 2.05) is 0 Å². The molecule has 0 aromatic carbocycles. The van der Waals surface area contributed by atoms with Gasteiger partial charge in [-0.2, -0.15) is 5.10 Å². The van der Waals surface area contributed by atoms with Crippen LogP contribution in [0.15, 0.2) is 27.1 Å². The molecule has 2 fully saturated rings. The summed E-state index contributed by atoms with van der Waals surface area (Å²) in [7, 11) is 0. The van der Waals surface area contributed by atoms with Crippen LogP contribution in [0.1, 0.15) is 35.9 Å². The SMILES string of the molecule is O=c1c(=O)n2c(nn1CC1CCC1)[C@H]1CN(Cc3cccs3)C[C@H]1C2. The second-order valence-corrected chi connectivity index (χ2v) is 8.73. The number of nitrogens with zero attached hydrogens (tertiary/aromatic N) is 4. The first kappa shape index (κ1) is 15.5. The van der Waals surface area contributed by atoms with Gasteiger partial charge >= 0.3 is 11.1 Å². The fourth-order valence-corrected chi connectivity index (χ4v) is 5.22. The largest absolute Gasteiger partial charge is 0.332 e. The summed E-state index contributed by atoms with van der Waals surface area (Å²) in [6.07, 6.45) is 3.52. The van der Waals surface area contributed by atoms with Crippen LogP contribution in [0.3, 0.4) is 0 Å². The Hall–Kier alpha value is -1.73. The van der Waals surface area contributed by atoms with E-state index in [1.165, 1.54) is 16.0 Å². The Kier molecular flexibility index (Phi) is 3.67. The lowest BCUT2D eigenvalue weighted by molar-refractivity contribution is 0.256. The lowest BCUT2D eigenvalue weighted by atomic mass is 9.85. The number of thiophene rings is 1. The molecule has 7 heteroatoms. The number of hydrogen-bond acceptors (Lipinski definition) is 5. The average molecular weight is 358 g/mol. The molecule has 3 aliphatic rings. The van der Waals surface area contributed by atoms with Gasteiger partial charge in [0.2, 0.25) is 0 Å². The van der Waals surface area contributed by atoms with E-state index in [0.717, 1.165) is 38.3 Å². The summed E-state index contributed by atoms with van der Waals surface area (Å²) in [5, 5.41) is 6.77. The molecule has 1 saturated carbocycles. The quantitative estimate of drug-likeness (QED) is 0.777. The third-order valence-corrected chi connectivity index (χ3v) is 6.90. The number of hydrogen-bond donors (Lipinski definition) is 0. The normalized spacial score (nSPS) is 25.8. The van der Waals surface area contributed by atoms with Crippen LogP contribution >= 0.6 is 11.3 Å². The highest BCUT2D eigenvalue weighted by molar-refractivity contribution is 7.09. The first-order valence-electron chi connectivity index (χ1n) is 9.15. The molecule has 0 spiro atoms. The van der Waals surface area contributed by atoms with Gasteiger partial charge in [0.05, 0.1) is 0 Å². The maximum Gasteiger partial charge on any atom is 0.332 e. The van der Waals surface area contributed by atoms with Crippen molar-refractivity contribution in [3.63, 3.8) is 0 Å². The first-order chi connectivity index (χ1) is 12.2. The van der Waals surface area contributed by atoms with Crippen LogP contribution in [0.2, 0.25) is 0 Å². The molecule has 1 saturated heterocycles. The highest BCUT2D eigenvalue weighted by atomic mass is 32.1. The van der Waals surface area contributed by atoms with Gasteiger partial charge in [0.15, 0.2) is 0 Å². The molecule has 0 bridgehead atoms. The molecule has 0 radical (unpaired) electrons. The minimum absolute atomic E-state index is 0.279. The summed E-state index contributed by atoms with van der Waals surface area (Å²) in [6.45, 7) is 4.12. The Labute approximate surface area is 149 Å². The Balaban J connectivity index is 1.41. The van der Waals surface area contributed by atoms with Gasteiger partial charge in [0.1, 0.15) is 5.82 Å². The van der Waals surface area contributed by atoms with Gasteiger partial charge in [-0.25, -0.2) is 4.68 Å². The smallest absolute Gasteiger partial charge is 0.297 e. The fourth-order valence-electron chi connectivity index (χ4n) is 4.47. The van der Waals surface area contributed by atoms with E-state index in [1.54, 1.807) is 15.9 Å². The molecule has 0 N–H and O–H groups in total. The molecule has 1 aliphatic carbocycles. The van der Waals surface area contributed by atoms with Crippen molar-refractivity contribution >= 4 is 11.3 Å². The van der Waals surface area contributed by atoms with Crippen molar-refractivity contribution in [1.82, 2.24) is 19.2 Å². The topological polar surface area (TPSA) is 60.1 Å². The second-order valence-electron chi connectivity index (χ2n) is 7.70. The molecule has 0 amide bonds. The van der Waals surface area contributed by atoms with Gasteiger partial charge in [-0.3, -0.25) is 19.1 Å². The first-order valence-corrected chi connectivity index (χ1v) is 10.0. The van der Waals surface area contributed by atoms with Crippen LogP contribution in [-0.4, -0.2) is 32.3 Å². The summed E-state index contributed by atoms with van der Waals surface area (Å²) < 4.78 is 3.11. The number of aromatic nitrogens is 3. The summed E-state index contributed by atoms with van der Waals surface area (Å²) in [5.74, 6) is 2.03. The minimum atomic E-state index is -0.439. The lowest BCUT2D eigenvalue weighted by Crippen LogP contribution is -2.45. The third kappa shape index (κ3) is 2.60. The number of fused-ring (bicyclic) bond motifs is 3. The van der Waals surface area contributed by atoms with Crippen LogP contribution < -0.4 is 11.1 Å². The van der Waals surface area contributed by atoms with Crippen LogP contribution in [0.4, 0.5) is 0 Å². The van der Waals surface area contributed by atoms with Gasteiger partial charge in [0.25, 0.3) is 0 Å². The van der Waals surface area contributed by atoms with E-state index < -0.39 is 5.56 Å². The van der Waals surface area contributed by atoms with E-state index >= 15 is 0 Å². The Morgan fingerprint density at radius 1 is 1.16 bits per heavy atom. The second kappa shape index (κ2) is 5.92. The zero-order chi connectivity index (χ0) is 17.0. The monoisotopic (exact) mass is 358 g/mol. The van der Waals surface area contributed by atoms with Gasteiger partial charge < -0.3 is 0 Å². The Morgan fingerprint density at radius 2 is 2.04 bits per heavy atom. The predicted molar refractivity (Wildman–Crippen MR) is 95.9 cm³/mol. The maximum absolute atomic E-state index is 12.5. The minimum Gasteiger partial charge on any atom is -0.297 e.